The minimum atomic E-state index is 0.0534. The third-order valence-corrected chi connectivity index (χ3v) is 3.02. The van der Waals surface area contributed by atoms with Crippen LogP contribution in [0.2, 0.25) is 0 Å². The number of rotatable bonds is 7. The van der Waals surface area contributed by atoms with E-state index in [4.69, 9.17) is 10.2 Å². The molecule has 0 bridgehead atoms. The minimum absolute atomic E-state index is 0.0534. The van der Waals surface area contributed by atoms with Gasteiger partial charge in [-0.2, -0.15) is 0 Å². The second kappa shape index (κ2) is 7.01. The molecule has 5 nitrogen and oxygen atoms in total. The lowest BCUT2D eigenvalue weighted by Crippen LogP contribution is -1.99. The van der Waals surface area contributed by atoms with Crippen molar-refractivity contribution >= 4 is 0 Å². The molecular weight excluding hydrogens is 242 g/mol. The van der Waals surface area contributed by atoms with E-state index in [1.165, 1.54) is 0 Å². The zero-order valence-electron chi connectivity index (χ0n) is 10.9. The van der Waals surface area contributed by atoms with Gasteiger partial charge in [0.2, 0.25) is 0 Å². The van der Waals surface area contributed by atoms with Gasteiger partial charge in [-0.15, -0.1) is 5.10 Å². The molecule has 0 radical (unpaired) electrons. The van der Waals surface area contributed by atoms with Crippen LogP contribution in [-0.2, 0) is 13.2 Å². The molecule has 1 aromatic heterocycles. The molecule has 0 saturated heterocycles. The normalized spacial score (nSPS) is 10.8. The van der Waals surface area contributed by atoms with E-state index in [9.17, 15) is 0 Å². The van der Waals surface area contributed by atoms with Crippen molar-refractivity contribution in [1.82, 2.24) is 15.0 Å². The Balaban J connectivity index is 1.95. The van der Waals surface area contributed by atoms with E-state index < -0.39 is 0 Å². The molecule has 0 unspecified atom stereocenters. The summed E-state index contributed by atoms with van der Waals surface area (Å²) in [6.45, 7) is 1.12. The molecule has 0 aliphatic carbocycles. The van der Waals surface area contributed by atoms with Gasteiger partial charge in [-0.3, -0.25) is 4.68 Å². The summed E-state index contributed by atoms with van der Waals surface area (Å²) in [5, 5.41) is 25.9. The Kier molecular flexibility index (Phi) is 5.06. The van der Waals surface area contributed by atoms with Crippen molar-refractivity contribution in [3.05, 3.63) is 36.0 Å². The molecule has 0 amide bonds. The van der Waals surface area contributed by atoms with Gasteiger partial charge in [-0.1, -0.05) is 29.5 Å². The van der Waals surface area contributed by atoms with Crippen molar-refractivity contribution in [3.63, 3.8) is 0 Å². The maximum Gasteiger partial charge on any atom is 0.113 e. The molecule has 0 spiro atoms. The van der Waals surface area contributed by atoms with E-state index in [0.29, 0.717) is 0 Å². The lowest BCUT2D eigenvalue weighted by atomic mass is 10.1. The Morgan fingerprint density at radius 1 is 1.00 bits per heavy atom. The van der Waals surface area contributed by atoms with Gasteiger partial charge in [0.05, 0.1) is 12.8 Å². The third kappa shape index (κ3) is 3.87. The molecule has 2 rings (SSSR count). The molecule has 2 N–H and O–H groups in total. The van der Waals surface area contributed by atoms with Gasteiger partial charge in [0.25, 0.3) is 0 Å². The van der Waals surface area contributed by atoms with Crippen LogP contribution in [-0.4, -0.2) is 31.8 Å². The number of hydrogen-bond acceptors (Lipinski definition) is 4. The minimum Gasteiger partial charge on any atom is -0.396 e. The Morgan fingerprint density at radius 2 is 1.79 bits per heavy atom. The highest BCUT2D eigenvalue weighted by Crippen LogP contribution is 2.17. The van der Waals surface area contributed by atoms with Crippen LogP contribution < -0.4 is 0 Å². The number of aliphatic hydroxyl groups is 2. The summed E-state index contributed by atoms with van der Waals surface area (Å²) in [5.74, 6) is 0. The molecule has 1 heterocycles. The first-order chi connectivity index (χ1) is 9.33. The average Bonchev–Trinajstić information content (AvgIpc) is 2.92. The van der Waals surface area contributed by atoms with E-state index in [1.807, 2.05) is 35.1 Å². The largest absolute Gasteiger partial charge is 0.396 e. The van der Waals surface area contributed by atoms with Crippen LogP contribution >= 0.6 is 0 Å². The summed E-state index contributed by atoms with van der Waals surface area (Å²) in [4.78, 5) is 0. The zero-order chi connectivity index (χ0) is 13.5. The highest BCUT2D eigenvalue weighted by Gasteiger charge is 2.03. The topological polar surface area (TPSA) is 71.2 Å². The lowest BCUT2D eigenvalue weighted by molar-refractivity contribution is 0.281. The number of benzene rings is 1. The summed E-state index contributed by atoms with van der Waals surface area (Å²) in [7, 11) is 0. The Hall–Kier alpha value is -1.72. The van der Waals surface area contributed by atoms with E-state index in [1.54, 1.807) is 0 Å². The fourth-order valence-corrected chi connectivity index (χ4v) is 1.88. The molecule has 0 atom stereocenters. The predicted octanol–water partition coefficient (Wildman–Crippen LogP) is 1.60. The van der Waals surface area contributed by atoms with Crippen molar-refractivity contribution in [2.45, 2.75) is 32.4 Å². The van der Waals surface area contributed by atoms with Crippen LogP contribution in [0.5, 0.6) is 0 Å². The van der Waals surface area contributed by atoms with Gasteiger partial charge in [0.1, 0.15) is 5.69 Å². The predicted molar refractivity (Wildman–Crippen MR) is 72.3 cm³/mol. The second-order valence-corrected chi connectivity index (χ2v) is 4.51. The van der Waals surface area contributed by atoms with Crippen LogP contribution in [0.1, 0.15) is 24.8 Å². The van der Waals surface area contributed by atoms with Gasteiger partial charge in [-0.05, 0) is 24.8 Å². The second-order valence-electron chi connectivity index (χ2n) is 4.51. The Morgan fingerprint density at radius 3 is 2.47 bits per heavy atom. The number of aromatic nitrogens is 3. The van der Waals surface area contributed by atoms with Crippen LogP contribution in [0.3, 0.4) is 0 Å². The Labute approximate surface area is 112 Å². The maximum atomic E-state index is 8.99. The number of aryl methyl sites for hydroxylation is 1. The molecule has 5 heteroatoms. The van der Waals surface area contributed by atoms with Gasteiger partial charge in [0.15, 0.2) is 0 Å². The van der Waals surface area contributed by atoms with Gasteiger partial charge in [0, 0.05) is 18.7 Å². The number of hydrogen-bond donors (Lipinski definition) is 2. The lowest BCUT2D eigenvalue weighted by Gasteiger charge is -1.99. The van der Waals surface area contributed by atoms with Crippen LogP contribution in [0.15, 0.2) is 30.5 Å². The van der Waals surface area contributed by atoms with Crippen molar-refractivity contribution in [1.29, 1.82) is 0 Å². The molecule has 1 aromatic carbocycles. The quantitative estimate of drug-likeness (QED) is 0.743. The molecule has 19 heavy (non-hydrogen) atoms. The fraction of sp³-hybridized carbons (Fsp3) is 0.429. The SMILES string of the molecule is OCCCCCn1cc(-c2ccc(CO)cc2)nn1. The summed E-state index contributed by atoms with van der Waals surface area (Å²) in [6, 6.07) is 7.64. The smallest absolute Gasteiger partial charge is 0.113 e. The Bertz CT molecular complexity index is 494. The first kappa shape index (κ1) is 13.7. The van der Waals surface area contributed by atoms with E-state index in [-0.39, 0.29) is 13.2 Å². The molecule has 0 fully saturated rings. The number of aliphatic hydroxyl groups excluding tert-OH is 2. The highest BCUT2D eigenvalue weighted by atomic mass is 16.3. The molecule has 2 aromatic rings. The van der Waals surface area contributed by atoms with E-state index in [2.05, 4.69) is 10.3 Å². The van der Waals surface area contributed by atoms with Crippen LogP contribution in [0, 0.1) is 0 Å². The monoisotopic (exact) mass is 261 g/mol. The molecule has 0 aliphatic heterocycles. The number of nitrogens with zero attached hydrogens (tertiary/aromatic N) is 3. The first-order valence-electron chi connectivity index (χ1n) is 6.54. The standard InChI is InChI=1S/C14H19N3O2/c18-9-3-1-2-8-17-10-14(15-16-17)13-6-4-12(11-19)5-7-13/h4-7,10,18-19H,1-3,8-9,11H2. The summed E-state index contributed by atoms with van der Waals surface area (Å²) in [6.07, 6.45) is 4.75. The van der Waals surface area contributed by atoms with E-state index in [0.717, 1.165) is 42.6 Å². The average molecular weight is 261 g/mol. The van der Waals surface area contributed by atoms with Crippen molar-refractivity contribution in [2.24, 2.45) is 0 Å². The molecule has 102 valence electrons. The molecule has 0 saturated carbocycles. The first-order valence-corrected chi connectivity index (χ1v) is 6.54. The van der Waals surface area contributed by atoms with Crippen molar-refractivity contribution in [3.8, 4) is 11.3 Å². The summed E-state index contributed by atoms with van der Waals surface area (Å²) in [5.41, 5.74) is 2.73. The summed E-state index contributed by atoms with van der Waals surface area (Å²) < 4.78 is 1.83. The third-order valence-electron chi connectivity index (χ3n) is 3.02. The fourth-order valence-electron chi connectivity index (χ4n) is 1.88. The van der Waals surface area contributed by atoms with Gasteiger partial charge >= 0.3 is 0 Å². The van der Waals surface area contributed by atoms with E-state index >= 15 is 0 Å². The molecular formula is C14H19N3O2. The van der Waals surface area contributed by atoms with Crippen LogP contribution in [0.4, 0.5) is 0 Å². The zero-order valence-corrected chi connectivity index (χ0v) is 10.9. The van der Waals surface area contributed by atoms with Crippen molar-refractivity contribution in [2.75, 3.05) is 6.61 Å². The molecule has 0 aliphatic rings. The maximum absolute atomic E-state index is 8.99. The summed E-state index contributed by atoms with van der Waals surface area (Å²) >= 11 is 0. The highest BCUT2D eigenvalue weighted by molar-refractivity contribution is 5.57. The van der Waals surface area contributed by atoms with Gasteiger partial charge in [-0.25, -0.2) is 0 Å². The van der Waals surface area contributed by atoms with Crippen molar-refractivity contribution < 1.29 is 10.2 Å². The number of unbranched alkanes of at least 4 members (excludes halogenated alkanes) is 2. The van der Waals surface area contributed by atoms with Gasteiger partial charge < -0.3 is 10.2 Å². The van der Waals surface area contributed by atoms with Crippen LogP contribution in [0.25, 0.3) is 11.3 Å².